The summed E-state index contributed by atoms with van der Waals surface area (Å²) in [4.78, 5) is 2.30. The zero-order valence-corrected chi connectivity index (χ0v) is 15.0. The highest BCUT2D eigenvalue weighted by molar-refractivity contribution is 8.01. The molecule has 1 saturated carbocycles. The molecule has 1 heterocycles. The van der Waals surface area contributed by atoms with Crippen LogP contribution in [0.15, 0.2) is 0 Å². The zero-order valence-electron chi connectivity index (χ0n) is 13.4. The van der Waals surface area contributed by atoms with Gasteiger partial charge in [0, 0.05) is 35.9 Å². The van der Waals surface area contributed by atoms with E-state index in [-0.39, 0.29) is 16.7 Å². The van der Waals surface area contributed by atoms with Crippen molar-refractivity contribution in [3.63, 3.8) is 0 Å². The number of hydrogen-bond donors (Lipinski definition) is 1. The Hall–Kier alpha value is 0.220. The molecule has 21 heavy (non-hydrogen) atoms. The maximum Gasteiger partial charge on any atom is 0.166 e. The van der Waals surface area contributed by atoms with Crippen LogP contribution in [0.4, 0.5) is 0 Å². The smallest absolute Gasteiger partial charge is 0.166 e. The van der Waals surface area contributed by atoms with Gasteiger partial charge in [0.2, 0.25) is 0 Å². The van der Waals surface area contributed by atoms with Crippen molar-refractivity contribution in [1.82, 2.24) is 4.90 Å². The first-order valence-electron chi connectivity index (χ1n) is 8.28. The molecule has 0 amide bonds. The minimum absolute atomic E-state index is 0.0963. The summed E-state index contributed by atoms with van der Waals surface area (Å²) in [5.41, 5.74) is 6.14. The summed E-state index contributed by atoms with van der Waals surface area (Å²) in [6.45, 7) is 5.44. The predicted molar refractivity (Wildman–Crippen MR) is 91.3 cm³/mol. The van der Waals surface area contributed by atoms with Gasteiger partial charge in [-0.05, 0) is 18.8 Å². The van der Waals surface area contributed by atoms with E-state index in [1.54, 1.807) is 18.7 Å². The van der Waals surface area contributed by atoms with Crippen LogP contribution < -0.4 is 5.73 Å². The van der Waals surface area contributed by atoms with Crippen LogP contribution in [0, 0.1) is 5.92 Å². The molecular formula is C15H30N2O2S2. The van der Waals surface area contributed by atoms with Crippen molar-refractivity contribution in [2.75, 3.05) is 30.3 Å². The van der Waals surface area contributed by atoms with E-state index < -0.39 is 9.84 Å². The quantitative estimate of drug-likeness (QED) is 0.834. The third kappa shape index (κ3) is 3.28. The number of sulfone groups is 1. The van der Waals surface area contributed by atoms with Crippen LogP contribution in [0.25, 0.3) is 0 Å². The molecule has 2 N–H and O–H groups in total. The van der Waals surface area contributed by atoms with E-state index in [4.69, 9.17) is 5.73 Å². The Kier molecular flexibility index (Phi) is 6.02. The van der Waals surface area contributed by atoms with Gasteiger partial charge in [-0.15, -0.1) is 0 Å². The lowest BCUT2D eigenvalue weighted by Gasteiger charge is -2.54. The fourth-order valence-corrected chi connectivity index (χ4v) is 7.30. The summed E-state index contributed by atoms with van der Waals surface area (Å²) in [7, 11) is -3.05. The molecule has 3 unspecified atom stereocenters. The second-order valence-corrected chi connectivity index (χ2v) is 9.93. The molecule has 1 saturated heterocycles. The van der Waals surface area contributed by atoms with Gasteiger partial charge in [0.05, 0.1) is 0 Å². The monoisotopic (exact) mass is 334 g/mol. The highest BCUT2D eigenvalue weighted by Crippen LogP contribution is 2.43. The van der Waals surface area contributed by atoms with Gasteiger partial charge in [-0.25, -0.2) is 8.42 Å². The topological polar surface area (TPSA) is 63.4 Å². The van der Waals surface area contributed by atoms with E-state index >= 15 is 0 Å². The first kappa shape index (κ1) is 17.6. The van der Waals surface area contributed by atoms with E-state index in [9.17, 15) is 8.42 Å². The standard InChI is InChI=1S/C15H30N2O2S2/c1-3-13-7-5-6-8-15(13,12-16)17-9-10-20-11-14(17)21(18,19)4-2/h13-14H,3-12,16H2,1-2H3. The van der Waals surface area contributed by atoms with Crippen molar-refractivity contribution in [3.8, 4) is 0 Å². The van der Waals surface area contributed by atoms with Crippen LogP contribution in [-0.4, -0.2) is 54.6 Å². The summed E-state index contributed by atoms with van der Waals surface area (Å²) in [6.07, 6.45) is 5.78. The Balaban J connectivity index is 2.37. The van der Waals surface area contributed by atoms with Crippen LogP contribution >= 0.6 is 11.8 Å². The maximum atomic E-state index is 12.6. The van der Waals surface area contributed by atoms with E-state index in [0.29, 0.717) is 18.2 Å². The lowest BCUT2D eigenvalue weighted by molar-refractivity contribution is 0.000679. The van der Waals surface area contributed by atoms with Crippen molar-refractivity contribution < 1.29 is 8.42 Å². The molecule has 0 bridgehead atoms. The molecule has 0 radical (unpaired) electrons. The van der Waals surface area contributed by atoms with Gasteiger partial charge in [0.15, 0.2) is 9.84 Å². The summed E-state index contributed by atoms with van der Waals surface area (Å²) in [6, 6.07) is 0. The number of nitrogens with zero attached hydrogens (tertiary/aromatic N) is 1. The second-order valence-electron chi connectivity index (χ2n) is 6.33. The molecule has 124 valence electrons. The minimum atomic E-state index is -3.05. The van der Waals surface area contributed by atoms with Crippen molar-refractivity contribution in [2.45, 2.75) is 56.9 Å². The van der Waals surface area contributed by atoms with Gasteiger partial charge >= 0.3 is 0 Å². The molecule has 0 aromatic carbocycles. The number of thioether (sulfide) groups is 1. The van der Waals surface area contributed by atoms with Gasteiger partial charge in [-0.1, -0.05) is 33.1 Å². The predicted octanol–water partition coefficient (Wildman–Crippen LogP) is 2.09. The molecule has 3 atom stereocenters. The van der Waals surface area contributed by atoms with Crippen LogP contribution in [0.5, 0.6) is 0 Å². The van der Waals surface area contributed by atoms with Gasteiger partial charge < -0.3 is 5.73 Å². The summed E-state index contributed by atoms with van der Waals surface area (Å²) in [5, 5.41) is -0.336. The fourth-order valence-electron chi connectivity index (χ4n) is 4.22. The average molecular weight is 335 g/mol. The zero-order chi connectivity index (χ0) is 15.5. The van der Waals surface area contributed by atoms with Gasteiger partial charge in [0.25, 0.3) is 0 Å². The normalized spacial score (nSPS) is 35.8. The Labute approximate surface area is 134 Å². The average Bonchev–Trinajstić information content (AvgIpc) is 2.54. The molecular weight excluding hydrogens is 304 g/mol. The molecule has 6 heteroatoms. The third-order valence-electron chi connectivity index (χ3n) is 5.49. The summed E-state index contributed by atoms with van der Waals surface area (Å²) >= 11 is 1.77. The number of rotatable bonds is 5. The first-order chi connectivity index (χ1) is 10.0. The van der Waals surface area contributed by atoms with E-state index in [1.807, 2.05) is 0 Å². The summed E-state index contributed by atoms with van der Waals surface area (Å²) in [5.74, 6) is 2.49. The minimum Gasteiger partial charge on any atom is -0.329 e. The van der Waals surface area contributed by atoms with Crippen molar-refractivity contribution in [2.24, 2.45) is 11.7 Å². The van der Waals surface area contributed by atoms with Gasteiger partial charge in [-0.3, -0.25) is 4.90 Å². The number of hydrogen-bond acceptors (Lipinski definition) is 5. The summed E-state index contributed by atoms with van der Waals surface area (Å²) < 4.78 is 25.1. The Morgan fingerprint density at radius 3 is 2.71 bits per heavy atom. The Morgan fingerprint density at radius 2 is 2.10 bits per heavy atom. The molecule has 2 rings (SSSR count). The van der Waals surface area contributed by atoms with Crippen LogP contribution in [0.2, 0.25) is 0 Å². The van der Waals surface area contributed by atoms with Gasteiger partial charge in [-0.2, -0.15) is 11.8 Å². The van der Waals surface area contributed by atoms with Crippen molar-refractivity contribution >= 4 is 21.6 Å². The van der Waals surface area contributed by atoms with Crippen molar-refractivity contribution in [1.29, 1.82) is 0 Å². The van der Waals surface area contributed by atoms with E-state index in [1.165, 1.54) is 19.3 Å². The second kappa shape index (κ2) is 7.20. The lowest BCUT2D eigenvalue weighted by Crippen LogP contribution is -2.66. The Morgan fingerprint density at radius 1 is 1.33 bits per heavy atom. The third-order valence-corrected chi connectivity index (χ3v) is 8.78. The Bertz CT molecular complexity index is 441. The molecule has 1 aliphatic carbocycles. The maximum absolute atomic E-state index is 12.6. The largest absolute Gasteiger partial charge is 0.329 e. The first-order valence-corrected chi connectivity index (χ1v) is 11.1. The SMILES string of the molecule is CCC1CCCCC1(CN)N1CCSCC1S(=O)(=O)CC. The molecule has 4 nitrogen and oxygen atoms in total. The molecule has 0 aromatic heterocycles. The van der Waals surface area contributed by atoms with Gasteiger partial charge in [0.1, 0.15) is 5.37 Å². The molecule has 1 aliphatic heterocycles. The number of nitrogens with two attached hydrogens (primary N) is 1. The molecule has 0 aromatic rings. The molecule has 2 fully saturated rings. The lowest BCUT2D eigenvalue weighted by atomic mass is 9.70. The fraction of sp³-hybridized carbons (Fsp3) is 1.00. The van der Waals surface area contributed by atoms with E-state index in [2.05, 4.69) is 11.8 Å². The molecule has 0 spiro atoms. The van der Waals surface area contributed by atoms with E-state index in [0.717, 1.165) is 25.1 Å². The van der Waals surface area contributed by atoms with Crippen molar-refractivity contribution in [3.05, 3.63) is 0 Å². The van der Waals surface area contributed by atoms with Crippen LogP contribution in [0.3, 0.4) is 0 Å². The highest BCUT2D eigenvalue weighted by atomic mass is 32.2. The molecule has 2 aliphatic rings. The van der Waals surface area contributed by atoms with Crippen LogP contribution in [0.1, 0.15) is 46.0 Å². The van der Waals surface area contributed by atoms with Crippen LogP contribution in [-0.2, 0) is 9.84 Å². The highest BCUT2D eigenvalue weighted by Gasteiger charge is 2.49.